The Bertz CT molecular complexity index is 449. The van der Waals surface area contributed by atoms with Crippen LogP contribution in [0, 0.1) is 0 Å². The van der Waals surface area contributed by atoms with E-state index >= 15 is 0 Å². The molecule has 1 aromatic rings. The van der Waals surface area contributed by atoms with Crippen molar-refractivity contribution in [1.82, 2.24) is 4.72 Å². The van der Waals surface area contributed by atoms with Gasteiger partial charge in [-0.1, -0.05) is 12.1 Å². The largest absolute Gasteiger partial charge is 0.497 e. The smallest absolute Gasteiger partial charge is 0.408 e. The SMILES string of the molecule is COc1cccc([C@@H](N[S@@](=O)C(C)C)C(F)(F)F)c1. The standard InChI is InChI=1S/C12H16F3NO2S/c1-8(2)19(17)16-11(12(13,14)15)9-5-4-6-10(7-9)18-3/h4-8,11,16H,1-3H3/t11-,19+/m1/s1. The Kier molecular flexibility index (Phi) is 5.37. The van der Waals surface area contributed by atoms with E-state index in [1.165, 1.54) is 25.3 Å². The summed E-state index contributed by atoms with van der Waals surface area (Å²) in [6, 6.07) is 3.64. The van der Waals surface area contributed by atoms with Crippen molar-refractivity contribution in [2.24, 2.45) is 0 Å². The number of halogens is 3. The molecule has 0 aliphatic heterocycles. The van der Waals surface area contributed by atoms with Crippen LogP contribution in [0.1, 0.15) is 25.5 Å². The van der Waals surface area contributed by atoms with Crippen molar-refractivity contribution >= 4 is 11.0 Å². The van der Waals surface area contributed by atoms with Crippen molar-refractivity contribution in [2.45, 2.75) is 31.3 Å². The summed E-state index contributed by atoms with van der Waals surface area (Å²) in [5.74, 6) is 0.323. The summed E-state index contributed by atoms with van der Waals surface area (Å²) in [4.78, 5) is 0. The Morgan fingerprint density at radius 2 is 1.95 bits per heavy atom. The van der Waals surface area contributed by atoms with Crippen molar-refractivity contribution < 1.29 is 22.1 Å². The highest BCUT2D eigenvalue weighted by atomic mass is 32.2. The second kappa shape index (κ2) is 6.38. The van der Waals surface area contributed by atoms with Crippen molar-refractivity contribution in [1.29, 1.82) is 0 Å². The first-order chi connectivity index (χ1) is 8.75. The molecule has 1 N–H and O–H groups in total. The molecule has 1 rings (SSSR count). The number of benzene rings is 1. The summed E-state index contributed by atoms with van der Waals surface area (Å²) >= 11 is 0. The van der Waals surface area contributed by atoms with Crippen LogP contribution in [0.3, 0.4) is 0 Å². The zero-order chi connectivity index (χ0) is 14.6. The molecule has 0 saturated carbocycles. The van der Waals surface area contributed by atoms with Gasteiger partial charge in [0.15, 0.2) is 0 Å². The molecule has 0 aliphatic carbocycles. The Morgan fingerprint density at radius 3 is 2.42 bits per heavy atom. The van der Waals surface area contributed by atoms with Crippen LogP contribution >= 0.6 is 0 Å². The summed E-state index contributed by atoms with van der Waals surface area (Å²) in [6.07, 6.45) is -4.53. The van der Waals surface area contributed by atoms with E-state index in [2.05, 4.69) is 4.72 Å². The first-order valence-corrected chi connectivity index (χ1v) is 6.84. The Hall–Kier alpha value is -1.08. The molecule has 7 heteroatoms. The van der Waals surface area contributed by atoms with E-state index in [4.69, 9.17) is 4.74 Å². The van der Waals surface area contributed by atoms with Crippen molar-refractivity contribution in [3.63, 3.8) is 0 Å². The van der Waals surface area contributed by atoms with Crippen LogP contribution in [0.5, 0.6) is 5.75 Å². The van der Waals surface area contributed by atoms with E-state index in [1.54, 1.807) is 19.9 Å². The maximum Gasteiger partial charge on any atom is 0.408 e. The Balaban J connectivity index is 3.06. The molecule has 0 aliphatic rings. The van der Waals surface area contributed by atoms with Crippen LogP contribution in [0.25, 0.3) is 0 Å². The minimum Gasteiger partial charge on any atom is -0.497 e. The molecule has 0 aromatic heterocycles. The number of methoxy groups -OCH3 is 1. The van der Waals surface area contributed by atoms with E-state index in [0.717, 1.165) is 0 Å². The highest BCUT2D eigenvalue weighted by Crippen LogP contribution is 2.34. The zero-order valence-corrected chi connectivity index (χ0v) is 11.6. The van der Waals surface area contributed by atoms with E-state index in [9.17, 15) is 17.4 Å². The van der Waals surface area contributed by atoms with E-state index in [-0.39, 0.29) is 5.56 Å². The topological polar surface area (TPSA) is 38.3 Å². The minimum absolute atomic E-state index is 0.0270. The molecule has 0 bridgehead atoms. The van der Waals surface area contributed by atoms with Crippen molar-refractivity contribution in [2.75, 3.05) is 7.11 Å². The molecule has 19 heavy (non-hydrogen) atoms. The van der Waals surface area contributed by atoms with Crippen LogP contribution in [-0.2, 0) is 11.0 Å². The normalized spacial score (nSPS) is 15.3. The fraction of sp³-hybridized carbons (Fsp3) is 0.500. The lowest BCUT2D eigenvalue weighted by atomic mass is 10.1. The maximum absolute atomic E-state index is 13.0. The number of hydrogen-bond acceptors (Lipinski definition) is 2. The van der Waals surface area contributed by atoms with Gasteiger partial charge in [-0.15, -0.1) is 0 Å². The monoisotopic (exact) mass is 295 g/mol. The first-order valence-electron chi connectivity index (χ1n) is 5.63. The molecule has 0 unspecified atom stereocenters. The molecular formula is C12H16F3NO2S. The third-order valence-electron chi connectivity index (χ3n) is 2.42. The quantitative estimate of drug-likeness (QED) is 0.907. The molecule has 0 spiro atoms. The highest BCUT2D eigenvalue weighted by molar-refractivity contribution is 7.83. The van der Waals surface area contributed by atoms with Crippen LogP contribution in [0.15, 0.2) is 24.3 Å². The Labute approximate surface area is 112 Å². The molecule has 3 nitrogen and oxygen atoms in total. The molecule has 2 atom stereocenters. The lowest BCUT2D eigenvalue weighted by Crippen LogP contribution is -2.37. The molecule has 0 radical (unpaired) electrons. The van der Waals surface area contributed by atoms with E-state index in [0.29, 0.717) is 5.75 Å². The second-order valence-corrected chi connectivity index (χ2v) is 5.99. The van der Waals surface area contributed by atoms with Gasteiger partial charge in [-0.3, -0.25) is 0 Å². The van der Waals surface area contributed by atoms with Gasteiger partial charge in [-0.25, -0.2) is 8.93 Å². The fourth-order valence-corrected chi connectivity index (χ4v) is 2.17. The van der Waals surface area contributed by atoms with Crippen LogP contribution in [-0.4, -0.2) is 22.7 Å². The summed E-state index contributed by atoms with van der Waals surface area (Å²) in [6.45, 7) is 3.17. The summed E-state index contributed by atoms with van der Waals surface area (Å²) in [7, 11) is -0.392. The van der Waals surface area contributed by atoms with Gasteiger partial charge in [-0.2, -0.15) is 13.2 Å². The summed E-state index contributed by atoms with van der Waals surface area (Å²) in [5, 5.41) is -0.407. The average Bonchev–Trinajstić information content (AvgIpc) is 2.34. The second-order valence-electron chi connectivity index (χ2n) is 4.22. The number of hydrogen-bond donors (Lipinski definition) is 1. The van der Waals surface area contributed by atoms with E-state index in [1.807, 2.05) is 0 Å². The number of ether oxygens (including phenoxy) is 1. The van der Waals surface area contributed by atoms with Gasteiger partial charge < -0.3 is 4.74 Å². The van der Waals surface area contributed by atoms with Gasteiger partial charge in [0.05, 0.1) is 18.1 Å². The molecule has 0 fully saturated rings. The Morgan fingerprint density at radius 1 is 1.32 bits per heavy atom. The number of alkyl halides is 3. The molecule has 0 heterocycles. The van der Waals surface area contributed by atoms with Crippen LogP contribution in [0.2, 0.25) is 0 Å². The number of rotatable bonds is 5. The number of nitrogens with one attached hydrogen (secondary N) is 1. The summed E-state index contributed by atoms with van der Waals surface area (Å²) < 4.78 is 57.7. The molecular weight excluding hydrogens is 279 g/mol. The predicted octanol–water partition coefficient (Wildman–Crippen LogP) is 2.96. The summed E-state index contributed by atoms with van der Waals surface area (Å²) in [5.41, 5.74) is -0.0270. The van der Waals surface area contributed by atoms with Crippen LogP contribution in [0.4, 0.5) is 13.2 Å². The third kappa shape index (κ3) is 4.50. The van der Waals surface area contributed by atoms with Gasteiger partial charge in [0.1, 0.15) is 11.8 Å². The lowest BCUT2D eigenvalue weighted by Gasteiger charge is -2.22. The molecule has 0 amide bonds. The zero-order valence-electron chi connectivity index (χ0n) is 10.8. The fourth-order valence-electron chi connectivity index (χ4n) is 1.40. The molecule has 0 saturated heterocycles. The first kappa shape index (κ1) is 16.0. The van der Waals surface area contributed by atoms with Gasteiger partial charge in [0, 0.05) is 5.25 Å². The highest BCUT2D eigenvalue weighted by Gasteiger charge is 2.42. The average molecular weight is 295 g/mol. The predicted molar refractivity (Wildman–Crippen MR) is 68.2 cm³/mol. The van der Waals surface area contributed by atoms with E-state index < -0.39 is 28.5 Å². The van der Waals surface area contributed by atoms with Crippen LogP contribution < -0.4 is 9.46 Å². The lowest BCUT2D eigenvalue weighted by molar-refractivity contribution is -0.152. The maximum atomic E-state index is 13.0. The van der Waals surface area contributed by atoms with Gasteiger partial charge in [-0.05, 0) is 31.5 Å². The minimum atomic E-state index is -4.53. The third-order valence-corrected chi connectivity index (χ3v) is 3.74. The van der Waals surface area contributed by atoms with Gasteiger partial charge in [0.2, 0.25) is 0 Å². The molecule has 108 valence electrons. The van der Waals surface area contributed by atoms with Gasteiger partial charge >= 0.3 is 6.18 Å². The van der Waals surface area contributed by atoms with Crippen molar-refractivity contribution in [3.8, 4) is 5.75 Å². The van der Waals surface area contributed by atoms with Gasteiger partial charge in [0.25, 0.3) is 0 Å². The van der Waals surface area contributed by atoms with Crippen molar-refractivity contribution in [3.05, 3.63) is 29.8 Å². The molecule has 1 aromatic carbocycles.